The van der Waals surface area contributed by atoms with Crippen molar-refractivity contribution in [3.05, 3.63) is 78.2 Å². The van der Waals surface area contributed by atoms with Crippen LogP contribution in [0.25, 0.3) is 10.8 Å². The summed E-state index contributed by atoms with van der Waals surface area (Å²) < 4.78 is 0. The number of rotatable bonds is 5. The van der Waals surface area contributed by atoms with Crippen LogP contribution in [-0.4, -0.2) is 33.9 Å². The molecule has 0 radical (unpaired) electrons. The molecule has 5 rings (SSSR count). The lowest BCUT2D eigenvalue weighted by Gasteiger charge is -2.17. The van der Waals surface area contributed by atoms with Crippen molar-refractivity contribution in [1.29, 1.82) is 0 Å². The van der Waals surface area contributed by atoms with Gasteiger partial charge in [0.25, 0.3) is 5.91 Å². The van der Waals surface area contributed by atoms with Crippen molar-refractivity contribution in [2.24, 2.45) is 0 Å². The van der Waals surface area contributed by atoms with Crippen LogP contribution < -0.4 is 15.5 Å². The third kappa shape index (κ3) is 4.23. The first-order valence-corrected chi connectivity index (χ1v) is 10.8. The molecule has 2 N–H and O–H groups in total. The standard InChI is InChI=1S/C25H24N6O/c1-17-16-22(31-14-4-5-15-31)30-25(27-17)29-20-10-8-19(9-11-20)28-24(32)23-21-7-3-2-6-18(21)12-13-26-23/h2-3,6-13,16H,4-5,14-15H2,1H3,(H,28,32)(H,27,29,30). The highest BCUT2D eigenvalue weighted by Crippen LogP contribution is 2.23. The second kappa shape index (κ2) is 8.63. The number of pyridine rings is 1. The number of aromatic nitrogens is 3. The van der Waals surface area contributed by atoms with E-state index in [1.54, 1.807) is 6.20 Å². The van der Waals surface area contributed by atoms with Crippen LogP contribution in [-0.2, 0) is 0 Å². The summed E-state index contributed by atoms with van der Waals surface area (Å²) in [7, 11) is 0. The Morgan fingerprint density at radius 1 is 0.938 bits per heavy atom. The number of nitrogens with one attached hydrogen (secondary N) is 2. The van der Waals surface area contributed by atoms with Crippen LogP contribution in [0.4, 0.5) is 23.1 Å². The summed E-state index contributed by atoms with van der Waals surface area (Å²) in [5, 5.41) is 8.02. The number of nitrogens with zero attached hydrogens (tertiary/aromatic N) is 4. The second-order valence-corrected chi connectivity index (χ2v) is 7.92. The first-order valence-electron chi connectivity index (χ1n) is 10.8. The minimum atomic E-state index is -0.236. The van der Waals surface area contributed by atoms with Crippen molar-refractivity contribution in [2.45, 2.75) is 19.8 Å². The number of carbonyl (C=O) groups excluding carboxylic acids is 1. The maximum Gasteiger partial charge on any atom is 0.274 e. The summed E-state index contributed by atoms with van der Waals surface area (Å²) in [6.07, 6.45) is 4.06. The Bertz CT molecular complexity index is 1260. The molecule has 1 saturated heterocycles. The largest absolute Gasteiger partial charge is 0.356 e. The van der Waals surface area contributed by atoms with E-state index in [0.717, 1.165) is 41.1 Å². The molecule has 7 nitrogen and oxygen atoms in total. The van der Waals surface area contributed by atoms with Crippen LogP contribution in [0.3, 0.4) is 0 Å². The van der Waals surface area contributed by atoms with Crippen LogP contribution in [0.5, 0.6) is 0 Å². The highest BCUT2D eigenvalue weighted by atomic mass is 16.1. The number of hydrogen-bond acceptors (Lipinski definition) is 6. The number of benzene rings is 2. The molecular weight excluding hydrogens is 400 g/mol. The normalized spacial score (nSPS) is 13.3. The van der Waals surface area contributed by atoms with Crippen molar-refractivity contribution in [3.8, 4) is 0 Å². The summed E-state index contributed by atoms with van der Waals surface area (Å²) in [6.45, 7) is 4.05. The molecule has 0 aliphatic carbocycles. The first-order chi connectivity index (χ1) is 15.7. The first kappa shape index (κ1) is 19.9. The zero-order chi connectivity index (χ0) is 21.9. The smallest absolute Gasteiger partial charge is 0.274 e. The molecule has 1 aliphatic rings. The van der Waals surface area contributed by atoms with Gasteiger partial charge in [-0.3, -0.25) is 9.78 Å². The number of anilines is 4. The monoisotopic (exact) mass is 424 g/mol. The SMILES string of the molecule is Cc1cc(N2CCCC2)nc(Nc2ccc(NC(=O)c3nccc4ccccc34)cc2)n1. The van der Waals surface area contributed by atoms with E-state index in [0.29, 0.717) is 17.3 Å². The number of aryl methyl sites for hydroxylation is 1. The summed E-state index contributed by atoms with van der Waals surface area (Å²) in [4.78, 5) is 28.6. The van der Waals surface area contributed by atoms with Gasteiger partial charge in [-0.15, -0.1) is 0 Å². The Morgan fingerprint density at radius 3 is 2.50 bits per heavy atom. The predicted molar refractivity (Wildman–Crippen MR) is 128 cm³/mol. The van der Waals surface area contributed by atoms with Gasteiger partial charge in [0.1, 0.15) is 11.5 Å². The van der Waals surface area contributed by atoms with Crippen molar-refractivity contribution in [3.63, 3.8) is 0 Å². The van der Waals surface area contributed by atoms with Gasteiger partial charge in [-0.1, -0.05) is 24.3 Å². The fourth-order valence-corrected chi connectivity index (χ4v) is 3.97. The molecule has 4 aromatic rings. The molecular formula is C25H24N6O. The van der Waals surface area contributed by atoms with E-state index < -0.39 is 0 Å². The average Bonchev–Trinajstić information content (AvgIpc) is 3.35. The quantitative estimate of drug-likeness (QED) is 0.473. The molecule has 0 bridgehead atoms. The van der Waals surface area contributed by atoms with Crippen LogP contribution >= 0.6 is 0 Å². The molecule has 0 atom stereocenters. The third-order valence-electron chi connectivity index (χ3n) is 5.56. The lowest BCUT2D eigenvalue weighted by atomic mass is 10.1. The topological polar surface area (TPSA) is 83.0 Å². The van der Waals surface area contributed by atoms with Crippen LogP contribution in [0.15, 0.2) is 66.9 Å². The number of fused-ring (bicyclic) bond motifs is 1. The van der Waals surface area contributed by atoms with Gasteiger partial charge in [-0.2, -0.15) is 4.98 Å². The number of carbonyl (C=O) groups is 1. The molecule has 32 heavy (non-hydrogen) atoms. The summed E-state index contributed by atoms with van der Waals surface area (Å²) in [6, 6.07) is 19.1. The van der Waals surface area contributed by atoms with Crippen molar-refractivity contribution in [2.75, 3.05) is 28.6 Å². The molecule has 2 aromatic carbocycles. The summed E-state index contributed by atoms with van der Waals surface area (Å²) in [5.41, 5.74) is 2.88. The lowest BCUT2D eigenvalue weighted by molar-refractivity contribution is 0.102. The van der Waals surface area contributed by atoms with Gasteiger partial charge in [-0.25, -0.2) is 4.98 Å². The highest BCUT2D eigenvalue weighted by Gasteiger charge is 2.15. The van der Waals surface area contributed by atoms with E-state index in [4.69, 9.17) is 0 Å². The van der Waals surface area contributed by atoms with Crippen molar-refractivity contribution < 1.29 is 4.79 Å². The molecule has 0 unspecified atom stereocenters. The van der Waals surface area contributed by atoms with E-state index in [2.05, 4.69) is 30.5 Å². The van der Waals surface area contributed by atoms with Crippen molar-refractivity contribution in [1.82, 2.24) is 15.0 Å². The Hall–Kier alpha value is -4.00. The molecule has 2 aromatic heterocycles. The van der Waals surface area contributed by atoms with E-state index in [1.165, 1.54) is 12.8 Å². The van der Waals surface area contributed by atoms with Gasteiger partial charge in [0.05, 0.1) is 0 Å². The lowest BCUT2D eigenvalue weighted by Crippen LogP contribution is -2.19. The Balaban J connectivity index is 1.30. The minimum absolute atomic E-state index is 0.236. The summed E-state index contributed by atoms with van der Waals surface area (Å²) in [5.74, 6) is 1.30. The minimum Gasteiger partial charge on any atom is -0.356 e. The Kier molecular flexibility index (Phi) is 5.37. The zero-order valence-electron chi connectivity index (χ0n) is 17.9. The third-order valence-corrected chi connectivity index (χ3v) is 5.56. The van der Waals surface area contributed by atoms with Gasteiger partial charge < -0.3 is 15.5 Å². The maximum absolute atomic E-state index is 12.8. The number of amides is 1. The second-order valence-electron chi connectivity index (χ2n) is 7.92. The summed E-state index contributed by atoms with van der Waals surface area (Å²) >= 11 is 0. The zero-order valence-corrected chi connectivity index (χ0v) is 17.9. The van der Waals surface area contributed by atoms with E-state index >= 15 is 0 Å². The van der Waals surface area contributed by atoms with Gasteiger partial charge in [0.15, 0.2) is 0 Å². The van der Waals surface area contributed by atoms with Crippen LogP contribution in [0.1, 0.15) is 29.0 Å². The fourth-order valence-electron chi connectivity index (χ4n) is 3.97. The average molecular weight is 425 g/mol. The fraction of sp³-hybridized carbons (Fsp3) is 0.200. The predicted octanol–water partition coefficient (Wildman–Crippen LogP) is 4.93. The molecule has 3 heterocycles. The molecule has 1 aliphatic heterocycles. The maximum atomic E-state index is 12.8. The molecule has 7 heteroatoms. The molecule has 160 valence electrons. The molecule has 1 amide bonds. The highest BCUT2D eigenvalue weighted by molar-refractivity contribution is 6.11. The van der Waals surface area contributed by atoms with E-state index in [-0.39, 0.29) is 5.91 Å². The van der Waals surface area contributed by atoms with Gasteiger partial charge in [0.2, 0.25) is 5.95 Å². The number of hydrogen-bond donors (Lipinski definition) is 2. The van der Waals surface area contributed by atoms with Crippen LogP contribution in [0.2, 0.25) is 0 Å². The Labute approximate surface area is 186 Å². The van der Waals surface area contributed by atoms with Gasteiger partial charge in [-0.05, 0) is 55.5 Å². The Morgan fingerprint density at radius 2 is 1.69 bits per heavy atom. The van der Waals surface area contributed by atoms with E-state index in [1.807, 2.05) is 67.6 Å². The van der Waals surface area contributed by atoms with Gasteiger partial charge in [0, 0.05) is 47.8 Å². The molecule has 0 saturated carbocycles. The van der Waals surface area contributed by atoms with E-state index in [9.17, 15) is 4.79 Å². The molecule has 1 fully saturated rings. The van der Waals surface area contributed by atoms with Gasteiger partial charge >= 0.3 is 0 Å². The van der Waals surface area contributed by atoms with Crippen molar-refractivity contribution >= 4 is 39.8 Å². The molecule has 0 spiro atoms. The van der Waals surface area contributed by atoms with Crippen LogP contribution in [0, 0.1) is 6.92 Å².